The van der Waals surface area contributed by atoms with Crippen molar-refractivity contribution < 1.29 is 4.79 Å². The van der Waals surface area contributed by atoms with E-state index in [9.17, 15) is 4.79 Å². The number of amides is 1. The summed E-state index contributed by atoms with van der Waals surface area (Å²) < 4.78 is 0. The molecule has 3 rings (SSSR count). The Bertz CT molecular complexity index is 513. The van der Waals surface area contributed by atoms with Crippen molar-refractivity contribution >= 4 is 5.91 Å². The average molecular weight is 316 g/mol. The van der Waals surface area contributed by atoms with Crippen LogP contribution in [0.15, 0.2) is 30.3 Å². The van der Waals surface area contributed by atoms with E-state index in [0.717, 1.165) is 38.3 Å². The Morgan fingerprint density at radius 3 is 2.43 bits per heavy atom. The lowest BCUT2D eigenvalue weighted by atomic mass is 10.0. The number of carbonyl (C=O) groups is 1. The predicted molar refractivity (Wildman–Crippen MR) is 92.0 cm³/mol. The molecule has 5 nitrogen and oxygen atoms in total. The highest BCUT2D eigenvalue weighted by Crippen LogP contribution is 2.24. The van der Waals surface area contributed by atoms with E-state index in [1.165, 1.54) is 19.4 Å². The van der Waals surface area contributed by atoms with E-state index < -0.39 is 0 Å². The molecule has 1 amide bonds. The monoisotopic (exact) mass is 316 g/mol. The maximum absolute atomic E-state index is 12.0. The molecule has 0 radical (unpaired) electrons. The van der Waals surface area contributed by atoms with Gasteiger partial charge in [-0.2, -0.15) is 0 Å². The van der Waals surface area contributed by atoms with Gasteiger partial charge in [-0.05, 0) is 32.0 Å². The van der Waals surface area contributed by atoms with Crippen LogP contribution in [0, 0.1) is 0 Å². The van der Waals surface area contributed by atoms with Crippen molar-refractivity contribution in [2.24, 2.45) is 5.73 Å². The number of benzene rings is 1. The lowest BCUT2D eigenvalue weighted by Crippen LogP contribution is -2.56. The van der Waals surface area contributed by atoms with Gasteiger partial charge >= 0.3 is 0 Å². The van der Waals surface area contributed by atoms with Gasteiger partial charge in [0.2, 0.25) is 5.91 Å². The molecule has 2 aliphatic heterocycles. The smallest absolute Gasteiger partial charge is 0.239 e. The second-order valence-corrected chi connectivity index (χ2v) is 6.85. The molecular formula is C18H28N4O. The van der Waals surface area contributed by atoms with Crippen molar-refractivity contribution in [1.29, 1.82) is 0 Å². The number of piperidine rings is 1. The molecule has 126 valence electrons. The Labute approximate surface area is 139 Å². The Balaban J connectivity index is 1.62. The maximum atomic E-state index is 12.0. The normalized spacial score (nSPS) is 26.0. The van der Waals surface area contributed by atoms with Crippen LogP contribution < -0.4 is 5.73 Å². The van der Waals surface area contributed by atoms with Crippen molar-refractivity contribution in [3.05, 3.63) is 35.9 Å². The quantitative estimate of drug-likeness (QED) is 0.898. The van der Waals surface area contributed by atoms with Crippen LogP contribution in [0.2, 0.25) is 0 Å². The van der Waals surface area contributed by atoms with Crippen LogP contribution in [-0.2, 0) is 4.79 Å². The van der Waals surface area contributed by atoms with E-state index >= 15 is 0 Å². The molecule has 0 unspecified atom stereocenters. The molecule has 0 bridgehead atoms. The van der Waals surface area contributed by atoms with Crippen molar-refractivity contribution in [2.45, 2.75) is 24.9 Å². The van der Waals surface area contributed by atoms with Gasteiger partial charge in [0, 0.05) is 38.8 Å². The van der Waals surface area contributed by atoms with Gasteiger partial charge in [0.25, 0.3) is 0 Å². The summed E-state index contributed by atoms with van der Waals surface area (Å²) >= 11 is 0. The fourth-order valence-electron chi connectivity index (χ4n) is 3.99. The van der Waals surface area contributed by atoms with Crippen molar-refractivity contribution in [3.8, 4) is 0 Å². The topological polar surface area (TPSA) is 52.8 Å². The number of rotatable bonds is 4. The fraction of sp³-hybridized carbons (Fsp3) is 0.611. The van der Waals surface area contributed by atoms with Gasteiger partial charge in [-0.3, -0.25) is 14.6 Å². The molecule has 2 N–H and O–H groups in total. The molecule has 2 aliphatic rings. The van der Waals surface area contributed by atoms with Crippen LogP contribution in [0.25, 0.3) is 0 Å². The first-order chi connectivity index (χ1) is 11.1. The van der Waals surface area contributed by atoms with Gasteiger partial charge in [0.1, 0.15) is 6.04 Å². The van der Waals surface area contributed by atoms with E-state index in [1.807, 2.05) is 30.3 Å². The van der Waals surface area contributed by atoms with E-state index in [-0.39, 0.29) is 11.9 Å². The molecule has 1 aromatic carbocycles. The largest absolute Gasteiger partial charge is 0.368 e. The molecule has 23 heavy (non-hydrogen) atoms. The summed E-state index contributed by atoms with van der Waals surface area (Å²) in [6.45, 7) is 6.24. The van der Waals surface area contributed by atoms with Crippen LogP contribution in [0.5, 0.6) is 0 Å². The zero-order chi connectivity index (χ0) is 16.2. The number of primary amides is 1. The number of hydrogen-bond donors (Lipinski definition) is 1. The first-order valence-electron chi connectivity index (χ1n) is 8.66. The van der Waals surface area contributed by atoms with E-state index in [2.05, 4.69) is 21.7 Å². The summed E-state index contributed by atoms with van der Waals surface area (Å²) in [7, 11) is 2.21. The minimum absolute atomic E-state index is 0.248. The Kier molecular flexibility index (Phi) is 5.30. The second kappa shape index (κ2) is 7.43. The number of nitrogens with zero attached hydrogens (tertiary/aromatic N) is 3. The standard InChI is InChI=1S/C18H28N4O/c1-20-9-5-8-16(14-20)21-10-12-22(13-11-21)17(18(19)23)15-6-3-2-4-7-15/h2-4,6-7,16-17H,5,8-14H2,1H3,(H2,19,23)/t16-,17-/m1/s1. The lowest BCUT2D eigenvalue weighted by Gasteiger charge is -2.44. The van der Waals surface area contributed by atoms with Crippen molar-refractivity contribution in [3.63, 3.8) is 0 Å². The molecule has 5 heteroatoms. The Morgan fingerprint density at radius 2 is 1.83 bits per heavy atom. The molecule has 2 heterocycles. The number of piperazine rings is 1. The van der Waals surface area contributed by atoms with Gasteiger partial charge in [-0.1, -0.05) is 30.3 Å². The number of carbonyl (C=O) groups excluding carboxylic acids is 1. The summed E-state index contributed by atoms with van der Waals surface area (Å²) in [5, 5.41) is 0. The van der Waals surface area contributed by atoms with Gasteiger partial charge in [-0.25, -0.2) is 0 Å². The van der Waals surface area contributed by atoms with E-state index in [0.29, 0.717) is 6.04 Å². The fourth-order valence-corrected chi connectivity index (χ4v) is 3.99. The van der Waals surface area contributed by atoms with Gasteiger partial charge in [0.05, 0.1) is 0 Å². The summed E-state index contributed by atoms with van der Waals surface area (Å²) in [5.41, 5.74) is 6.70. The number of hydrogen-bond acceptors (Lipinski definition) is 4. The van der Waals surface area contributed by atoms with Crippen LogP contribution in [0.4, 0.5) is 0 Å². The molecule has 2 saturated heterocycles. The average Bonchev–Trinajstić information content (AvgIpc) is 2.56. The maximum Gasteiger partial charge on any atom is 0.239 e. The molecule has 2 atom stereocenters. The van der Waals surface area contributed by atoms with Crippen molar-refractivity contribution in [2.75, 3.05) is 46.3 Å². The Hall–Kier alpha value is -1.43. The van der Waals surface area contributed by atoms with Crippen molar-refractivity contribution in [1.82, 2.24) is 14.7 Å². The van der Waals surface area contributed by atoms with E-state index in [1.54, 1.807) is 0 Å². The third-order valence-corrected chi connectivity index (χ3v) is 5.21. The van der Waals surface area contributed by atoms with E-state index in [4.69, 9.17) is 5.73 Å². The molecule has 2 fully saturated rings. The van der Waals surface area contributed by atoms with Gasteiger partial charge in [-0.15, -0.1) is 0 Å². The van der Waals surface area contributed by atoms with Gasteiger partial charge in [0.15, 0.2) is 0 Å². The third-order valence-electron chi connectivity index (χ3n) is 5.21. The van der Waals surface area contributed by atoms with Crippen LogP contribution in [0.1, 0.15) is 24.4 Å². The first kappa shape index (κ1) is 16.4. The number of nitrogens with two attached hydrogens (primary N) is 1. The molecule has 0 aliphatic carbocycles. The number of likely N-dealkylation sites (tertiary alicyclic amines) is 1. The lowest BCUT2D eigenvalue weighted by molar-refractivity contribution is -0.124. The molecular weight excluding hydrogens is 288 g/mol. The minimum atomic E-state index is -0.299. The highest BCUT2D eigenvalue weighted by atomic mass is 16.1. The first-order valence-corrected chi connectivity index (χ1v) is 8.66. The Morgan fingerprint density at radius 1 is 1.13 bits per heavy atom. The van der Waals surface area contributed by atoms with Crippen LogP contribution in [0.3, 0.4) is 0 Å². The SMILES string of the molecule is CN1CCC[C@@H](N2CCN([C@@H](C(N)=O)c3ccccc3)CC2)C1. The summed E-state index contributed by atoms with van der Waals surface area (Å²) in [5.74, 6) is -0.248. The third kappa shape index (κ3) is 3.91. The summed E-state index contributed by atoms with van der Waals surface area (Å²) in [4.78, 5) is 19.2. The molecule has 1 aromatic rings. The number of likely N-dealkylation sites (N-methyl/N-ethyl adjacent to an activating group) is 1. The predicted octanol–water partition coefficient (Wildman–Crippen LogP) is 0.925. The molecule has 0 aromatic heterocycles. The molecule has 0 spiro atoms. The summed E-state index contributed by atoms with van der Waals surface area (Å²) in [6, 6.07) is 10.3. The zero-order valence-corrected chi connectivity index (χ0v) is 14.0. The zero-order valence-electron chi connectivity index (χ0n) is 14.0. The second-order valence-electron chi connectivity index (χ2n) is 6.85. The van der Waals surface area contributed by atoms with Crippen LogP contribution >= 0.6 is 0 Å². The summed E-state index contributed by atoms with van der Waals surface area (Å²) in [6.07, 6.45) is 2.58. The minimum Gasteiger partial charge on any atom is -0.368 e. The highest BCUT2D eigenvalue weighted by molar-refractivity contribution is 5.81. The van der Waals surface area contributed by atoms with Gasteiger partial charge < -0.3 is 10.6 Å². The highest BCUT2D eigenvalue weighted by Gasteiger charge is 2.32. The molecule has 0 saturated carbocycles. The van der Waals surface area contributed by atoms with Crippen LogP contribution in [-0.4, -0.2) is 73.0 Å².